The Morgan fingerprint density at radius 2 is 1.27 bits per heavy atom. The molecule has 6 nitrogen and oxygen atoms in total. The second-order valence-corrected chi connectivity index (χ2v) is 13.6. The molecule has 0 spiro atoms. The number of imidazole rings is 1. The molecule has 0 amide bonds. The third kappa shape index (κ3) is 5.32. The number of aromatic nitrogens is 5. The van der Waals surface area contributed by atoms with Gasteiger partial charge in [-0.3, -0.25) is 0 Å². The molecule has 6 aromatic carbocycles. The van der Waals surface area contributed by atoms with E-state index in [1.165, 1.54) is 0 Å². The number of para-hydroxylation sites is 4. The van der Waals surface area contributed by atoms with E-state index in [2.05, 4.69) is 178 Å². The number of pyridine rings is 2. The number of aryl methyl sites for hydroxylation is 1. The van der Waals surface area contributed by atoms with Crippen LogP contribution in [0.2, 0.25) is 0 Å². The van der Waals surface area contributed by atoms with Gasteiger partial charge in [0.15, 0.2) is 0 Å². The van der Waals surface area contributed by atoms with Crippen molar-refractivity contribution in [2.24, 2.45) is 0 Å². The maximum Gasteiger partial charge on any atom is 0.136 e. The average molecular weight is 888 g/mol. The van der Waals surface area contributed by atoms with Gasteiger partial charge in [0.2, 0.25) is 0 Å². The van der Waals surface area contributed by atoms with Crippen molar-refractivity contribution in [3.05, 3.63) is 182 Å². The molecule has 55 heavy (non-hydrogen) atoms. The van der Waals surface area contributed by atoms with Gasteiger partial charge in [-0.15, -0.1) is 23.6 Å². The molecule has 11 rings (SSSR count). The SMILES string of the molecule is Cc1cc2[c-]c(n1)n1[cH-]n(c3c(-c4ccccc4)cccc3c3ccccc3c3cccc(n3)n3c4[c-]c(ccc4c4ccccc43)o2)-c2ccccc2-1.[Pt]. The van der Waals surface area contributed by atoms with E-state index in [0.717, 1.165) is 82.8 Å². The van der Waals surface area contributed by atoms with Crippen molar-refractivity contribution in [2.45, 2.75) is 6.92 Å². The van der Waals surface area contributed by atoms with E-state index in [4.69, 9.17) is 14.4 Å². The number of hydrogen-bond donors (Lipinski definition) is 0. The number of nitrogens with zero attached hydrogens (tertiary/aromatic N) is 5. The zero-order valence-electron chi connectivity index (χ0n) is 29.5. The first kappa shape index (κ1) is 33.0. The fraction of sp³-hybridized carbons (Fsp3) is 0.0208. The largest absolute Gasteiger partial charge is 0.522 e. The summed E-state index contributed by atoms with van der Waals surface area (Å²) in [5, 5.41) is 5.38. The summed E-state index contributed by atoms with van der Waals surface area (Å²) in [4.78, 5) is 10.4. The minimum atomic E-state index is 0. The molecule has 0 radical (unpaired) electrons. The fourth-order valence-electron chi connectivity index (χ4n) is 7.99. The van der Waals surface area contributed by atoms with Crippen molar-refractivity contribution in [1.82, 2.24) is 23.5 Å². The average Bonchev–Trinajstić information content (AvgIpc) is 3.76. The predicted molar refractivity (Wildman–Crippen MR) is 219 cm³/mol. The topological polar surface area (TPSA) is 53.2 Å². The molecule has 0 aliphatic carbocycles. The molecule has 8 bridgehead atoms. The van der Waals surface area contributed by atoms with Gasteiger partial charge in [0, 0.05) is 43.9 Å². The van der Waals surface area contributed by atoms with Crippen molar-refractivity contribution in [1.29, 1.82) is 0 Å². The molecule has 5 heterocycles. The van der Waals surface area contributed by atoms with Gasteiger partial charge in [-0.25, -0.2) is 11.1 Å². The Balaban J connectivity index is 0.00000372. The molecule has 0 unspecified atom stereocenters. The Morgan fingerprint density at radius 3 is 2.13 bits per heavy atom. The summed E-state index contributed by atoms with van der Waals surface area (Å²) < 4.78 is 13.2. The van der Waals surface area contributed by atoms with Crippen LogP contribution < -0.4 is 0 Å². The van der Waals surface area contributed by atoms with Crippen LogP contribution in [-0.4, -0.2) is 23.5 Å². The quantitative estimate of drug-likeness (QED) is 0.154. The molecular formula is C48H30N5OPt-3. The number of rotatable bonds is 1. The Labute approximate surface area is 330 Å². The normalized spacial score (nSPS) is 11.6. The van der Waals surface area contributed by atoms with Crippen LogP contribution in [0.3, 0.4) is 0 Å². The van der Waals surface area contributed by atoms with Crippen molar-refractivity contribution in [3.8, 4) is 22.5 Å². The van der Waals surface area contributed by atoms with Gasteiger partial charge >= 0.3 is 0 Å². The van der Waals surface area contributed by atoms with Gasteiger partial charge < -0.3 is 22.9 Å². The van der Waals surface area contributed by atoms with Crippen LogP contribution in [0, 0.1) is 19.1 Å². The fourth-order valence-corrected chi connectivity index (χ4v) is 7.99. The van der Waals surface area contributed by atoms with Crippen LogP contribution in [0.4, 0.5) is 0 Å². The smallest absolute Gasteiger partial charge is 0.136 e. The molecular weight excluding hydrogens is 858 g/mol. The van der Waals surface area contributed by atoms with Crippen LogP contribution in [0.5, 0.6) is 0 Å². The van der Waals surface area contributed by atoms with E-state index in [1.807, 2.05) is 19.1 Å². The first-order valence-corrected chi connectivity index (χ1v) is 18.0. The molecule has 1 aliphatic rings. The molecule has 4 aromatic heterocycles. The molecule has 0 N–H and O–H groups in total. The number of benzene rings is 6. The van der Waals surface area contributed by atoms with Gasteiger partial charge in [-0.05, 0) is 86.2 Å². The summed E-state index contributed by atoms with van der Waals surface area (Å²) in [7, 11) is 0. The van der Waals surface area contributed by atoms with Crippen LogP contribution in [0.15, 0.2) is 168 Å². The molecule has 0 atom stereocenters. The number of fused-ring (bicyclic) bond motifs is 20. The van der Waals surface area contributed by atoms with Crippen molar-refractivity contribution >= 4 is 71.5 Å². The summed E-state index contributed by atoms with van der Waals surface area (Å²) in [6.07, 6.45) is 2.12. The van der Waals surface area contributed by atoms with Gasteiger partial charge in [-0.1, -0.05) is 127 Å². The molecule has 1 aliphatic heterocycles. The maximum absolute atomic E-state index is 6.59. The predicted octanol–water partition coefficient (Wildman–Crippen LogP) is 11.8. The Hall–Kier alpha value is -6.62. The maximum atomic E-state index is 6.59. The van der Waals surface area contributed by atoms with E-state index < -0.39 is 0 Å². The summed E-state index contributed by atoms with van der Waals surface area (Å²) >= 11 is 0. The summed E-state index contributed by atoms with van der Waals surface area (Å²) in [5.41, 5.74) is 11.5. The first-order chi connectivity index (χ1) is 26.7. The second kappa shape index (κ2) is 13.0. The van der Waals surface area contributed by atoms with Gasteiger partial charge in [-0.2, -0.15) is 6.07 Å². The zero-order chi connectivity index (χ0) is 35.8. The third-order valence-corrected chi connectivity index (χ3v) is 10.3. The summed E-state index contributed by atoms with van der Waals surface area (Å²) in [6.45, 7) is 1.99. The standard InChI is InChI=1S/C48H30N5O.Pt/c1-31-27-34-29-47(49-31)51-30-52(44-23-10-9-22-43(44)51)48-35(32-13-3-2-4-14-32)18-11-19-40(48)36-15-5-6-16-37(36)41-20-12-24-46(50-41)53-42-21-8-7-17-38(42)39-26-25-33(54-34)28-45(39)53;/h2-27,30H,1H3;/q-3;. The monoisotopic (exact) mass is 887 g/mol. The molecule has 266 valence electrons. The van der Waals surface area contributed by atoms with E-state index in [1.54, 1.807) is 0 Å². The minimum absolute atomic E-state index is 0. The van der Waals surface area contributed by atoms with Crippen LogP contribution in [0.1, 0.15) is 5.69 Å². The molecule has 10 aromatic rings. The Morgan fingerprint density at radius 1 is 0.564 bits per heavy atom. The first-order valence-electron chi connectivity index (χ1n) is 18.0. The van der Waals surface area contributed by atoms with Crippen molar-refractivity contribution in [3.63, 3.8) is 0 Å². The van der Waals surface area contributed by atoms with Crippen LogP contribution in [0.25, 0.3) is 94.0 Å². The van der Waals surface area contributed by atoms with Crippen molar-refractivity contribution in [2.75, 3.05) is 0 Å². The van der Waals surface area contributed by atoms with E-state index in [0.29, 0.717) is 16.8 Å². The van der Waals surface area contributed by atoms with Gasteiger partial charge in [0.25, 0.3) is 0 Å². The van der Waals surface area contributed by atoms with E-state index >= 15 is 0 Å². The van der Waals surface area contributed by atoms with Crippen LogP contribution >= 0.6 is 0 Å². The summed E-state index contributed by atoms with van der Waals surface area (Å²) in [5.74, 6) is 0. The van der Waals surface area contributed by atoms with E-state index in [9.17, 15) is 0 Å². The molecule has 0 fully saturated rings. The Bertz CT molecular complexity index is 3360. The zero-order valence-corrected chi connectivity index (χ0v) is 31.8. The van der Waals surface area contributed by atoms with Crippen molar-refractivity contribution < 1.29 is 25.5 Å². The number of hydrogen-bond acceptors (Lipinski definition) is 3. The second-order valence-electron chi connectivity index (χ2n) is 13.6. The summed E-state index contributed by atoms with van der Waals surface area (Å²) in [6, 6.07) is 62.0. The van der Waals surface area contributed by atoms with Gasteiger partial charge in [0.05, 0.1) is 5.52 Å². The van der Waals surface area contributed by atoms with Crippen LogP contribution in [-0.2, 0) is 21.1 Å². The molecule has 0 saturated heterocycles. The molecule has 7 heteroatoms. The van der Waals surface area contributed by atoms with Gasteiger partial charge in [0.1, 0.15) is 5.65 Å². The third-order valence-electron chi connectivity index (χ3n) is 10.3. The minimum Gasteiger partial charge on any atom is -0.522 e. The molecule has 0 saturated carbocycles. The van der Waals surface area contributed by atoms with E-state index in [-0.39, 0.29) is 21.1 Å². The Kier molecular flexibility index (Phi) is 7.82.